The summed E-state index contributed by atoms with van der Waals surface area (Å²) in [6.07, 6.45) is 3.95. The summed E-state index contributed by atoms with van der Waals surface area (Å²) in [5.74, 6) is 0.608. The fourth-order valence-corrected chi connectivity index (χ4v) is 3.08. The van der Waals surface area contributed by atoms with Crippen molar-refractivity contribution in [3.05, 3.63) is 108 Å². The summed E-state index contributed by atoms with van der Waals surface area (Å²) in [4.78, 5) is 12.6. The van der Waals surface area contributed by atoms with Gasteiger partial charge in [-0.25, -0.2) is 4.39 Å². The van der Waals surface area contributed by atoms with E-state index in [-0.39, 0.29) is 30.1 Å². The number of hydrogen-bond acceptors (Lipinski definition) is 3. The average molecular weight is 404 g/mol. The predicted octanol–water partition coefficient (Wildman–Crippen LogP) is 5.28. The second-order valence-corrected chi connectivity index (χ2v) is 6.89. The number of nitrogens with one attached hydrogen (secondary N) is 1. The third kappa shape index (κ3) is 4.60. The van der Waals surface area contributed by atoms with E-state index in [1.807, 2.05) is 60.3 Å². The van der Waals surface area contributed by atoms with E-state index in [0.717, 1.165) is 11.3 Å². The molecule has 0 aliphatic carbocycles. The van der Waals surface area contributed by atoms with Gasteiger partial charge in [0.25, 0.3) is 5.91 Å². The van der Waals surface area contributed by atoms with Gasteiger partial charge in [0.1, 0.15) is 23.9 Å². The number of rotatable bonds is 7. The molecule has 1 amide bonds. The molecule has 152 valence electrons. The van der Waals surface area contributed by atoms with Gasteiger partial charge < -0.3 is 19.0 Å². The lowest BCUT2D eigenvalue weighted by Crippen LogP contribution is -2.26. The molecule has 0 aliphatic heterocycles. The van der Waals surface area contributed by atoms with Crippen LogP contribution in [0.2, 0.25) is 0 Å². The highest BCUT2D eigenvalue weighted by Gasteiger charge is 2.16. The highest BCUT2D eigenvalue weighted by molar-refractivity contribution is 5.91. The molecule has 0 aliphatic rings. The number of carbonyl (C=O) groups is 1. The quantitative estimate of drug-likeness (QED) is 0.456. The molecule has 2 heterocycles. The monoisotopic (exact) mass is 404 g/mol. The van der Waals surface area contributed by atoms with Gasteiger partial charge in [-0.1, -0.05) is 12.1 Å². The van der Waals surface area contributed by atoms with Crippen LogP contribution in [0.4, 0.5) is 4.39 Å². The van der Waals surface area contributed by atoms with Gasteiger partial charge in [0, 0.05) is 18.1 Å². The minimum Gasteiger partial charge on any atom is -0.486 e. The zero-order valence-corrected chi connectivity index (χ0v) is 16.4. The Kier molecular flexibility index (Phi) is 5.66. The fourth-order valence-electron chi connectivity index (χ4n) is 3.08. The normalized spacial score (nSPS) is 11.8. The molecule has 30 heavy (non-hydrogen) atoms. The minimum atomic E-state index is -0.327. The van der Waals surface area contributed by atoms with Gasteiger partial charge in [0.05, 0.1) is 6.04 Å². The van der Waals surface area contributed by atoms with Crippen LogP contribution in [0.5, 0.6) is 5.75 Å². The standard InChI is InChI=1S/C24H21FN2O3/c1-17(18-5-4-6-20(15-18)27-13-2-3-14-27)26-24(28)23-12-11-22(30-23)16-29-21-9-7-19(25)8-10-21/h2-15,17H,16H2,1H3,(H,26,28). The number of benzene rings is 2. The molecule has 1 atom stereocenters. The van der Waals surface area contributed by atoms with E-state index < -0.39 is 0 Å². The molecule has 4 aromatic rings. The summed E-state index contributed by atoms with van der Waals surface area (Å²) in [6.45, 7) is 2.07. The molecule has 0 bridgehead atoms. The summed E-state index contributed by atoms with van der Waals surface area (Å²) in [7, 11) is 0. The molecule has 6 heteroatoms. The number of furan rings is 1. The van der Waals surface area contributed by atoms with Crippen molar-refractivity contribution in [2.75, 3.05) is 0 Å². The van der Waals surface area contributed by atoms with Gasteiger partial charge in [-0.15, -0.1) is 0 Å². The Bertz CT molecular complexity index is 1120. The van der Waals surface area contributed by atoms with Crippen molar-refractivity contribution in [2.24, 2.45) is 0 Å². The van der Waals surface area contributed by atoms with Crippen molar-refractivity contribution in [1.29, 1.82) is 0 Å². The van der Waals surface area contributed by atoms with Crippen LogP contribution < -0.4 is 10.1 Å². The van der Waals surface area contributed by atoms with E-state index in [2.05, 4.69) is 5.32 Å². The minimum absolute atomic E-state index is 0.146. The summed E-state index contributed by atoms with van der Waals surface area (Å²) >= 11 is 0. The maximum atomic E-state index is 12.9. The van der Waals surface area contributed by atoms with E-state index in [1.54, 1.807) is 12.1 Å². The third-order valence-electron chi connectivity index (χ3n) is 4.70. The van der Waals surface area contributed by atoms with E-state index in [1.165, 1.54) is 24.3 Å². The summed E-state index contributed by atoms with van der Waals surface area (Å²) in [6, 6.07) is 20.7. The lowest BCUT2D eigenvalue weighted by atomic mass is 10.1. The Balaban J connectivity index is 1.37. The van der Waals surface area contributed by atoms with Gasteiger partial charge in [-0.3, -0.25) is 4.79 Å². The molecule has 1 unspecified atom stereocenters. The zero-order valence-electron chi connectivity index (χ0n) is 16.4. The van der Waals surface area contributed by atoms with E-state index in [4.69, 9.17) is 9.15 Å². The number of hydrogen-bond donors (Lipinski definition) is 1. The molecule has 5 nitrogen and oxygen atoms in total. The molecular weight excluding hydrogens is 383 g/mol. The first-order valence-corrected chi connectivity index (χ1v) is 9.60. The fraction of sp³-hybridized carbons (Fsp3) is 0.125. The largest absolute Gasteiger partial charge is 0.486 e. The van der Waals surface area contributed by atoms with Gasteiger partial charge in [0.15, 0.2) is 5.76 Å². The van der Waals surface area contributed by atoms with Crippen LogP contribution in [0.25, 0.3) is 5.69 Å². The van der Waals surface area contributed by atoms with Crippen LogP contribution in [0.1, 0.15) is 34.8 Å². The zero-order chi connectivity index (χ0) is 20.9. The second kappa shape index (κ2) is 8.69. The SMILES string of the molecule is CC(NC(=O)c1ccc(COc2ccc(F)cc2)o1)c1cccc(-n2cccc2)c1. The van der Waals surface area contributed by atoms with Crippen LogP contribution in [0.15, 0.2) is 89.6 Å². The predicted molar refractivity (Wildman–Crippen MR) is 111 cm³/mol. The Morgan fingerprint density at radius 1 is 1.07 bits per heavy atom. The van der Waals surface area contributed by atoms with Crippen LogP contribution in [0.3, 0.4) is 0 Å². The Labute approximate surface area is 173 Å². The van der Waals surface area contributed by atoms with Crippen molar-refractivity contribution in [3.8, 4) is 11.4 Å². The Morgan fingerprint density at radius 2 is 1.83 bits per heavy atom. The topological polar surface area (TPSA) is 56.4 Å². The van der Waals surface area contributed by atoms with Crippen molar-refractivity contribution in [2.45, 2.75) is 19.6 Å². The molecule has 0 radical (unpaired) electrons. The first-order chi connectivity index (χ1) is 14.6. The third-order valence-corrected chi connectivity index (χ3v) is 4.70. The average Bonchev–Trinajstić information content (AvgIpc) is 3.46. The van der Waals surface area contributed by atoms with E-state index >= 15 is 0 Å². The van der Waals surface area contributed by atoms with Gasteiger partial charge in [0.2, 0.25) is 0 Å². The molecular formula is C24H21FN2O3. The number of nitrogens with zero attached hydrogens (tertiary/aromatic N) is 1. The lowest BCUT2D eigenvalue weighted by Gasteiger charge is -2.15. The Morgan fingerprint density at radius 3 is 2.60 bits per heavy atom. The lowest BCUT2D eigenvalue weighted by molar-refractivity contribution is 0.0907. The van der Waals surface area contributed by atoms with Crippen molar-refractivity contribution >= 4 is 5.91 Å². The first kappa shape index (κ1) is 19.5. The van der Waals surface area contributed by atoms with Gasteiger partial charge in [-0.2, -0.15) is 0 Å². The van der Waals surface area contributed by atoms with Crippen molar-refractivity contribution in [1.82, 2.24) is 9.88 Å². The summed E-state index contributed by atoms with van der Waals surface area (Å²) in [5.41, 5.74) is 2.01. The molecule has 0 fully saturated rings. The molecule has 2 aromatic carbocycles. The number of aromatic nitrogens is 1. The molecule has 0 saturated carbocycles. The Hall–Kier alpha value is -3.80. The first-order valence-electron chi connectivity index (χ1n) is 9.60. The van der Waals surface area contributed by atoms with Crippen LogP contribution >= 0.6 is 0 Å². The molecule has 1 N–H and O–H groups in total. The maximum Gasteiger partial charge on any atom is 0.287 e. The second-order valence-electron chi connectivity index (χ2n) is 6.89. The van der Waals surface area contributed by atoms with Crippen LogP contribution in [-0.2, 0) is 6.61 Å². The molecule has 0 spiro atoms. The number of carbonyl (C=O) groups excluding carboxylic acids is 1. The maximum absolute atomic E-state index is 12.9. The smallest absolute Gasteiger partial charge is 0.287 e. The number of ether oxygens (including phenoxy) is 1. The van der Waals surface area contributed by atoms with Crippen LogP contribution in [0, 0.1) is 5.82 Å². The number of amides is 1. The van der Waals surface area contributed by atoms with Crippen LogP contribution in [-0.4, -0.2) is 10.5 Å². The van der Waals surface area contributed by atoms with Gasteiger partial charge in [-0.05, 0) is 73.2 Å². The molecule has 0 saturated heterocycles. The molecule has 4 rings (SSSR count). The van der Waals surface area contributed by atoms with E-state index in [0.29, 0.717) is 11.5 Å². The van der Waals surface area contributed by atoms with Gasteiger partial charge >= 0.3 is 0 Å². The highest BCUT2D eigenvalue weighted by Crippen LogP contribution is 2.19. The molecule has 2 aromatic heterocycles. The summed E-state index contributed by atoms with van der Waals surface area (Å²) < 4.78 is 26.1. The van der Waals surface area contributed by atoms with Crippen molar-refractivity contribution < 1.29 is 18.3 Å². The van der Waals surface area contributed by atoms with Crippen molar-refractivity contribution in [3.63, 3.8) is 0 Å². The number of halogens is 1. The summed E-state index contributed by atoms with van der Waals surface area (Å²) in [5, 5.41) is 2.95. The van der Waals surface area contributed by atoms with E-state index in [9.17, 15) is 9.18 Å². The highest BCUT2D eigenvalue weighted by atomic mass is 19.1.